The number of methoxy groups -OCH3 is 3. The third-order valence-electron chi connectivity index (χ3n) is 5.85. The van der Waals surface area contributed by atoms with E-state index in [9.17, 15) is 8.42 Å². The summed E-state index contributed by atoms with van der Waals surface area (Å²) in [5.41, 5.74) is 0.410. The van der Waals surface area contributed by atoms with Crippen molar-refractivity contribution in [2.45, 2.75) is 37.5 Å². The highest BCUT2D eigenvalue weighted by Gasteiger charge is 2.35. The summed E-state index contributed by atoms with van der Waals surface area (Å²) in [7, 11) is 0.262. The number of nitrogens with zero attached hydrogens (tertiary/aromatic N) is 5. The van der Waals surface area contributed by atoms with Crippen LogP contribution in [0.3, 0.4) is 0 Å². The first-order chi connectivity index (χ1) is 17.8. The molecule has 1 unspecified atom stereocenters. The van der Waals surface area contributed by atoms with Crippen molar-refractivity contribution in [2.75, 3.05) is 32.6 Å². The highest BCUT2D eigenvalue weighted by atomic mass is 35.5. The van der Waals surface area contributed by atoms with Gasteiger partial charge >= 0.3 is 0 Å². The average molecular weight is 554 g/mol. The summed E-state index contributed by atoms with van der Waals surface area (Å²) < 4.78 is 53.4. The Balaban J connectivity index is 1.72. The van der Waals surface area contributed by atoms with Crippen molar-refractivity contribution in [3.05, 3.63) is 47.3 Å². The van der Waals surface area contributed by atoms with E-state index in [0.717, 1.165) is 13.0 Å². The summed E-state index contributed by atoms with van der Waals surface area (Å²) in [5.74, 6) is 1.26. The highest BCUT2D eigenvalue weighted by molar-refractivity contribution is 7.93. The number of ether oxygens (including phenoxy) is 4. The van der Waals surface area contributed by atoms with E-state index in [2.05, 4.69) is 30.2 Å². The van der Waals surface area contributed by atoms with Crippen LogP contribution in [0.2, 0.25) is 5.02 Å². The molecule has 2 aromatic heterocycles. The largest absolute Gasteiger partial charge is 0.494 e. The van der Waals surface area contributed by atoms with Crippen molar-refractivity contribution in [2.24, 2.45) is 0 Å². The predicted molar refractivity (Wildman–Crippen MR) is 134 cm³/mol. The van der Waals surface area contributed by atoms with E-state index in [4.69, 9.17) is 30.5 Å². The smallest absolute Gasteiger partial charge is 0.243 e. The molecule has 0 saturated carbocycles. The molecule has 4 rings (SSSR count). The van der Waals surface area contributed by atoms with Crippen LogP contribution in [0.15, 0.2) is 30.6 Å². The van der Waals surface area contributed by atoms with Gasteiger partial charge in [-0.05, 0) is 25.5 Å². The van der Waals surface area contributed by atoms with Crippen molar-refractivity contribution < 1.29 is 27.4 Å². The molecule has 1 aromatic carbocycles. The van der Waals surface area contributed by atoms with E-state index in [-0.39, 0.29) is 24.6 Å². The maximum absolute atomic E-state index is 13.5. The van der Waals surface area contributed by atoms with Crippen LogP contribution < -0.4 is 19.5 Å². The van der Waals surface area contributed by atoms with Gasteiger partial charge in [-0.2, -0.15) is 0 Å². The fourth-order valence-corrected chi connectivity index (χ4v) is 4.93. The topological polar surface area (TPSA) is 152 Å². The Morgan fingerprint density at radius 2 is 1.81 bits per heavy atom. The van der Waals surface area contributed by atoms with Crippen LogP contribution in [0.4, 0.5) is 5.95 Å². The van der Waals surface area contributed by atoms with Gasteiger partial charge in [-0.25, -0.2) is 18.4 Å². The van der Waals surface area contributed by atoms with Gasteiger partial charge in [-0.1, -0.05) is 17.7 Å². The summed E-state index contributed by atoms with van der Waals surface area (Å²) in [5, 5.41) is 10.7. The molecule has 37 heavy (non-hydrogen) atoms. The van der Waals surface area contributed by atoms with E-state index in [0.29, 0.717) is 28.0 Å². The molecule has 0 spiro atoms. The zero-order chi connectivity index (χ0) is 26.6. The highest BCUT2D eigenvalue weighted by Crippen LogP contribution is 2.36. The minimum atomic E-state index is -4.11. The molecular weight excluding hydrogens is 526 g/mol. The van der Waals surface area contributed by atoms with Crippen molar-refractivity contribution >= 4 is 27.6 Å². The Morgan fingerprint density at radius 1 is 1.16 bits per heavy atom. The van der Waals surface area contributed by atoms with Gasteiger partial charge in [0.05, 0.1) is 19.2 Å². The van der Waals surface area contributed by atoms with E-state index in [1.54, 1.807) is 18.2 Å². The Hall–Kier alpha value is -3.04. The maximum atomic E-state index is 13.5. The number of hydrogen-bond acceptors (Lipinski definition) is 11. The lowest BCUT2D eigenvalue weighted by Crippen LogP contribution is -2.44. The van der Waals surface area contributed by atoms with Gasteiger partial charge in [-0.15, -0.1) is 10.2 Å². The third kappa shape index (κ3) is 5.78. The molecule has 1 saturated heterocycles. The molecule has 3 atom stereocenters. The van der Waals surface area contributed by atoms with Crippen molar-refractivity contribution in [1.82, 2.24) is 30.0 Å². The van der Waals surface area contributed by atoms with Crippen LogP contribution in [0, 0.1) is 0 Å². The van der Waals surface area contributed by atoms with Gasteiger partial charge in [0.2, 0.25) is 16.0 Å². The van der Waals surface area contributed by atoms with Crippen molar-refractivity contribution in [3.8, 4) is 17.2 Å². The number of hydrogen-bond donors (Lipinski definition) is 2. The van der Waals surface area contributed by atoms with Gasteiger partial charge in [0, 0.05) is 26.0 Å². The summed E-state index contributed by atoms with van der Waals surface area (Å²) in [6.45, 7) is 2.40. The number of para-hydroxylation sites is 1. The molecule has 3 heterocycles. The second kappa shape index (κ2) is 11.6. The second-order valence-electron chi connectivity index (χ2n) is 8.10. The SMILES string of the molecule is COc1cccc(OC)c1-n1c(COC2CCN2)nnc1NS(=O)(=O)[C@@H](C)[C@H](OC)c1ncc(Cl)cn1. The normalized spacial score (nSPS) is 17.1. The standard InChI is InChI=1S/C22H28ClN7O6S/c1-13(20(35-4)21-25-10-14(23)11-26-21)37(31,32)29-22-28-27-17(12-36-18-8-9-24-18)30(22)19-15(33-2)6-5-7-16(19)34-3/h5-7,10-11,13,18,20,24H,8-9,12H2,1-4H3,(H,28,29)/t13-,18?,20-/m0/s1. The number of anilines is 1. The average Bonchev–Trinajstić information content (AvgIpc) is 3.24. The van der Waals surface area contributed by atoms with E-state index < -0.39 is 21.4 Å². The lowest BCUT2D eigenvalue weighted by molar-refractivity contribution is -0.0272. The monoisotopic (exact) mass is 553 g/mol. The summed E-state index contributed by atoms with van der Waals surface area (Å²) in [6.07, 6.45) is 2.49. The Morgan fingerprint density at radius 3 is 2.35 bits per heavy atom. The molecule has 1 fully saturated rings. The Kier molecular flexibility index (Phi) is 8.44. The number of sulfonamides is 1. The first kappa shape index (κ1) is 27.0. The molecule has 1 aliphatic heterocycles. The molecule has 15 heteroatoms. The van der Waals surface area contributed by atoms with Crippen molar-refractivity contribution in [1.29, 1.82) is 0 Å². The lowest BCUT2D eigenvalue weighted by Gasteiger charge is -2.27. The fourth-order valence-electron chi connectivity index (χ4n) is 3.70. The molecular formula is C22H28ClN7O6S. The first-order valence-corrected chi connectivity index (χ1v) is 13.2. The lowest BCUT2D eigenvalue weighted by atomic mass is 10.2. The van der Waals surface area contributed by atoms with Crippen LogP contribution in [0.25, 0.3) is 5.69 Å². The van der Waals surface area contributed by atoms with Gasteiger partial charge in [0.1, 0.15) is 41.4 Å². The molecule has 2 N–H and O–H groups in total. The Labute approximate surface area is 219 Å². The molecule has 200 valence electrons. The molecule has 1 aliphatic rings. The zero-order valence-corrected chi connectivity index (χ0v) is 22.3. The van der Waals surface area contributed by atoms with Crippen LogP contribution in [0.5, 0.6) is 11.5 Å². The van der Waals surface area contributed by atoms with Crippen molar-refractivity contribution in [3.63, 3.8) is 0 Å². The summed E-state index contributed by atoms with van der Waals surface area (Å²) >= 11 is 5.87. The Bertz CT molecular complexity index is 1300. The maximum Gasteiger partial charge on any atom is 0.243 e. The quantitative estimate of drug-likeness (QED) is 0.339. The molecule has 13 nitrogen and oxygen atoms in total. The number of halogens is 1. The van der Waals surface area contributed by atoms with E-state index >= 15 is 0 Å². The fraction of sp³-hybridized carbons (Fsp3) is 0.455. The predicted octanol–water partition coefficient (Wildman–Crippen LogP) is 2.08. The number of rotatable bonds is 12. The minimum absolute atomic E-state index is 0.0580. The number of aromatic nitrogens is 5. The minimum Gasteiger partial charge on any atom is -0.494 e. The van der Waals surface area contributed by atoms with E-state index in [1.807, 2.05) is 0 Å². The zero-order valence-electron chi connectivity index (χ0n) is 20.7. The van der Waals surface area contributed by atoms with Gasteiger partial charge in [0.25, 0.3) is 0 Å². The van der Waals surface area contributed by atoms with Crippen LogP contribution >= 0.6 is 11.6 Å². The summed E-state index contributed by atoms with van der Waals surface area (Å²) in [6, 6.07) is 5.19. The van der Waals surface area contributed by atoms with Gasteiger partial charge in [-0.3, -0.25) is 14.6 Å². The van der Waals surface area contributed by atoms with E-state index in [1.165, 1.54) is 45.2 Å². The molecule has 3 aromatic rings. The first-order valence-electron chi connectivity index (χ1n) is 11.3. The van der Waals surface area contributed by atoms with Crippen LogP contribution in [0.1, 0.15) is 31.1 Å². The molecule has 0 bridgehead atoms. The number of nitrogens with one attached hydrogen (secondary N) is 2. The summed E-state index contributed by atoms with van der Waals surface area (Å²) in [4.78, 5) is 8.22. The third-order valence-corrected chi connectivity index (χ3v) is 7.73. The number of benzene rings is 1. The molecule has 0 radical (unpaired) electrons. The van der Waals surface area contributed by atoms with Crippen LogP contribution in [-0.2, 0) is 26.1 Å². The van der Waals surface area contributed by atoms with Gasteiger partial charge in [0.15, 0.2) is 11.6 Å². The second-order valence-corrected chi connectivity index (χ2v) is 10.6. The van der Waals surface area contributed by atoms with Gasteiger partial charge < -0.3 is 18.9 Å². The molecule has 0 aliphatic carbocycles. The van der Waals surface area contributed by atoms with Crippen LogP contribution in [-0.4, -0.2) is 72.5 Å². The molecule has 0 amide bonds.